The molecule has 9 heteroatoms. The largest absolute Gasteiger partial charge is 0.365 e. The first-order valence-electron chi connectivity index (χ1n) is 6.77. The van der Waals surface area contributed by atoms with Crippen LogP contribution in [0.3, 0.4) is 0 Å². The van der Waals surface area contributed by atoms with Gasteiger partial charge in [0.05, 0.1) is 5.52 Å². The van der Waals surface area contributed by atoms with Crippen molar-refractivity contribution in [3.63, 3.8) is 0 Å². The van der Waals surface area contributed by atoms with Crippen molar-refractivity contribution in [2.45, 2.75) is 6.54 Å². The third kappa shape index (κ3) is 3.14. The number of fused-ring (bicyclic) bond motifs is 1. The van der Waals surface area contributed by atoms with Crippen LogP contribution in [-0.4, -0.2) is 33.6 Å². The number of nitrogens with zero attached hydrogens (tertiary/aromatic N) is 3. The lowest BCUT2D eigenvalue weighted by atomic mass is 10.3. The first-order valence-corrected chi connectivity index (χ1v) is 7.59. The molecule has 2 heterocycles. The summed E-state index contributed by atoms with van der Waals surface area (Å²) in [7, 11) is 1.67. The predicted octanol–water partition coefficient (Wildman–Crippen LogP) is 1.27. The molecule has 0 aliphatic carbocycles. The number of benzene rings is 1. The maximum absolute atomic E-state index is 12.2. The summed E-state index contributed by atoms with van der Waals surface area (Å²) in [6.07, 6.45) is 1.79. The maximum atomic E-state index is 12.2. The minimum Gasteiger partial charge on any atom is -0.365 e. The van der Waals surface area contributed by atoms with Crippen LogP contribution < -0.4 is 16.4 Å². The van der Waals surface area contributed by atoms with Crippen LogP contribution in [0.4, 0.5) is 10.1 Å². The Labute approximate surface area is 135 Å². The topological polar surface area (TPSA) is 115 Å². The van der Waals surface area contributed by atoms with Gasteiger partial charge in [-0.2, -0.15) is 5.10 Å². The molecule has 0 atom stereocenters. The molecule has 118 valence electrons. The number of carbonyl (C=O) groups excluding carboxylic acids is 2. The zero-order valence-corrected chi connectivity index (χ0v) is 13.1. The number of nitrogens with one attached hydrogen (secondary N) is 2. The maximum Gasteiger partial charge on any atom is 0.270 e. The van der Waals surface area contributed by atoms with E-state index < -0.39 is 5.91 Å². The van der Waals surface area contributed by atoms with Crippen molar-refractivity contribution in [3.8, 4) is 0 Å². The summed E-state index contributed by atoms with van der Waals surface area (Å²) in [6.45, 7) is 0.0274. The van der Waals surface area contributed by atoms with Crippen LogP contribution in [0, 0.1) is 0 Å². The highest BCUT2D eigenvalue weighted by Gasteiger charge is 2.17. The van der Waals surface area contributed by atoms with Gasteiger partial charge in [0.15, 0.2) is 10.8 Å². The zero-order valence-electron chi connectivity index (χ0n) is 12.2. The van der Waals surface area contributed by atoms with E-state index in [1.54, 1.807) is 17.9 Å². The molecule has 8 nitrogen and oxygen atoms in total. The summed E-state index contributed by atoms with van der Waals surface area (Å²) in [5, 5.41) is 11.6. The van der Waals surface area contributed by atoms with Crippen molar-refractivity contribution >= 4 is 44.2 Å². The Hall–Kier alpha value is -2.94. The molecular formula is C14H14N6O2S. The number of aromatic nitrogens is 3. The molecule has 0 unspecified atom stereocenters. The van der Waals surface area contributed by atoms with Crippen LogP contribution in [-0.2, 0) is 11.3 Å². The van der Waals surface area contributed by atoms with E-state index in [0.29, 0.717) is 10.1 Å². The first kappa shape index (κ1) is 15.0. The summed E-state index contributed by atoms with van der Waals surface area (Å²) in [4.78, 5) is 27.6. The van der Waals surface area contributed by atoms with E-state index in [-0.39, 0.29) is 18.1 Å². The van der Waals surface area contributed by atoms with E-state index in [1.165, 1.54) is 0 Å². The van der Waals surface area contributed by atoms with Gasteiger partial charge in [-0.05, 0) is 6.07 Å². The molecule has 0 bridgehead atoms. The number of thiazole rings is 1. The molecule has 0 aliphatic heterocycles. The monoisotopic (exact) mass is 330 g/mol. The van der Waals surface area contributed by atoms with Crippen LogP contribution in [0.5, 0.6) is 0 Å². The van der Waals surface area contributed by atoms with Gasteiger partial charge in [0.25, 0.3) is 5.91 Å². The lowest BCUT2D eigenvalue weighted by Gasteiger charge is -2.03. The standard InChI is InChI=1S/C14H14N6O2S/c1-16-14-18-11(12(15)22)13(23-14)17-10(21)7-20-6-8-4-2-3-5-9(8)19-20/h2-6H,7H2,1H3,(H2,15,22)(H,16,18)(H,17,21). The Morgan fingerprint density at radius 1 is 1.35 bits per heavy atom. The second-order valence-electron chi connectivity index (χ2n) is 4.74. The summed E-state index contributed by atoms with van der Waals surface area (Å²) < 4.78 is 1.55. The van der Waals surface area contributed by atoms with Crippen LogP contribution in [0.15, 0.2) is 30.5 Å². The van der Waals surface area contributed by atoms with Gasteiger partial charge in [0.2, 0.25) is 5.91 Å². The molecule has 0 aliphatic rings. The molecule has 0 saturated carbocycles. The molecule has 3 rings (SSSR count). The van der Waals surface area contributed by atoms with E-state index in [1.807, 2.05) is 24.3 Å². The number of hydrogen-bond donors (Lipinski definition) is 3. The van der Waals surface area contributed by atoms with E-state index in [2.05, 4.69) is 20.7 Å². The molecule has 4 N–H and O–H groups in total. The number of primary amides is 1. The van der Waals surface area contributed by atoms with Gasteiger partial charge >= 0.3 is 0 Å². The van der Waals surface area contributed by atoms with Gasteiger partial charge in [-0.25, -0.2) is 4.98 Å². The number of anilines is 2. The highest BCUT2D eigenvalue weighted by atomic mass is 32.1. The van der Waals surface area contributed by atoms with Crippen LogP contribution in [0.2, 0.25) is 0 Å². The Kier molecular flexibility index (Phi) is 3.94. The van der Waals surface area contributed by atoms with Gasteiger partial charge in [-0.15, -0.1) is 0 Å². The van der Waals surface area contributed by atoms with Gasteiger partial charge in [-0.1, -0.05) is 29.5 Å². The van der Waals surface area contributed by atoms with Gasteiger partial charge < -0.3 is 16.4 Å². The second kappa shape index (κ2) is 6.05. The smallest absolute Gasteiger partial charge is 0.270 e. The minimum atomic E-state index is -0.692. The van der Waals surface area contributed by atoms with Crippen molar-refractivity contribution in [1.82, 2.24) is 14.8 Å². The molecule has 23 heavy (non-hydrogen) atoms. The predicted molar refractivity (Wildman–Crippen MR) is 88.5 cm³/mol. The fraction of sp³-hybridized carbons (Fsp3) is 0.143. The van der Waals surface area contributed by atoms with Crippen molar-refractivity contribution in [2.24, 2.45) is 5.73 Å². The highest BCUT2D eigenvalue weighted by molar-refractivity contribution is 7.20. The highest BCUT2D eigenvalue weighted by Crippen LogP contribution is 2.27. The Balaban J connectivity index is 1.76. The quantitative estimate of drug-likeness (QED) is 0.652. The van der Waals surface area contributed by atoms with Crippen molar-refractivity contribution in [1.29, 1.82) is 0 Å². The molecule has 0 saturated heterocycles. The number of carbonyl (C=O) groups is 2. The van der Waals surface area contributed by atoms with Crippen molar-refractivity contribution < 1.29 is 9.59 Å². The number of hydrogen-bond acceptors (Lipinski definition) is 6. The SMILES string of the molecule is CNc1nc(C(N)=O)c(NC(=O)Cn2cc3ccccc3n2)s1. The summed E-state index contributed by atoms with van der Waals surface area (Å²) in [5.74, 6) is -1.01. The molecule has 0 spiro atoms. The first-order chi connectivity index (χ1) is 11.1. The summed E-state index contributed by atoms with van der Waals surface area (Å²) in [6, 6.07) is 7.58. The number of rotatable bonds is 5. The minimum absolute atomic E-state index is 0.0274. The molecule has 0 radical (unpaired) electrons. The number of amides is 2. The van der Waals surface area contributed by atoms with Crippen LogP contribution in [0.1, 0.15) is 10.5 Å². The van der Waals surface area contributed by atoms with E-state index in [4.69, 9.17) is 5.73 Å². The third-order valence-corrected chi connectivity index (χ3v) is 4.08. The third-order valence-electron chi connectivity index (χ3n) is 3.09. The van der Waals surface area contributed by atoms with Crippen LogP contribution >= 0.6 is 11.3 Å². The van der Waals surface area contributed by atoms with E-state index in [9.17, 15) is 9.59 Å². The van der Waals surface area contributed by atoms with Gasteiger partial charge in [-0.3, -0.25) is 14.3 Å². The lowest BCUT2D eigenvalue weighted by molar-refractivity contribution is -0.116. The summed E-state index contributed by atoms with van der Waals surface area (Å²) in [5.41, 5.74) is 6.12. The summed E-state index contributed by atoms with van der Waals surface area (Å²) >= 11 is 1.15. The van der Waals surface area contributed by atoms with E-state index in [0.717, 1.165) is 22.2 Å². The molecule has 0 fully saturated rings. The van der Waals surface area contributed by atoms with Gasteiger partial charge in [0.1, 0.15) is 11.5 Å². The second-order valence-corrected chi connectivity index (χ2v) is 5.74. The van der Waals surface area contributed by atoms with Crippen molar-refractivity contribution in [3.05, 3.63) is 36.2 Å². The molecule has 2 aromatic heterocycles. The molecule has 3 aromatic rings. The Morgan fingerprint density at radius 3 is 2.83 bits per heavy atom. The lowest BCUT2D eigenvalue weighted by Crippen LogP contribution is -2.21. The number of nitrogens with two attached hydrogens (primary N) is 1. The molecule has 2 amide bonds. The van der Waals surface area contributed by atoms with Crippen LogP contribution in [0.25, 0.3) is 10.9 Å². The average Bonchev–Trinajstić information content (AvgIpc) is 3.09. The normalized spacial score (nSPS) is 10.7. The molecular weight excluding hydrogens is 316 g/mol. The van der Waals surface area contributed by atoms with Crippen molar-refractivity contribution in [2.75, 3.05) is 17.7 Å². The zero-order chi connectivity index (χ0) is 16.4. The fourth-order valence-corrected chi connectivity index (χ4v) is 2.93. The average molecular weight is 330 g/mol. The molecule has 1 aromatic carbocycles. The van der Waals surface area contributed by atoms with Gasteiger partial charge in [0, 0.05) is 18.6 Å². The Morgan fingerprint density at radius 2 is 2.13 bits per heavy atom. The van der Waals surface area contributed by atoms with E-state index >= 15 is 0 Å². The Bertz CT molecular complexity index is 851. The fourth-order valence-electron chi connectivity index (χ4n) is 2.09.